The predicted molar refractivity (Wildman–Crippen MR) is 64.2 cm³/mol. The summed E-state index contributed by atoms with van der Waals surface area (Å²) in [7, 11) is 1.58. The van der Waals surface area contributed by atoms with E-state index in [1.807, 2.05) is 13.8 Å². The van der Waals surface area contributed by atoms with Crippen molar-refractivity contribution in [2.75, 3.05) is 12.4 Å². The lowest BCUT2D eigenvalue weighted by atomic mass is 10.1. The molecule has 0 saturated carbocycles. The molecule has 1 N–H and O–H groups in total. The molecular weight excluding hydrogens is 200 g/mol. The van der Waals surface area contributed by atoms with Gasteiger partial charge in [-0.15, -0.1) is 6.42 Å². The smallest absolute Gasteiger partial charge is 0.121 e. The molecule has 1 rings (SSSR count). The molecule has 0 amide bonds. The van der Waals surface area contributed by atoms with Crippen LogP contribution in [0.2, 0.25) is 0 Å². The molecule has 0 fully saturated rings. The van der Waals surface area contributed by atoms with Crippen molar-refractivity contribution in [1.29, 1.82) is 5.26 Å². The van der Waals surface area contributed by atoms with Crippen LogP contribution in [0.3, 0.4) is 0 Å². The summed E-state index contributed by atoms with van der Waals surface area (Å²) >= 11 is 0. The third-order valence-electron chi connectivity index (χ3n) is 2.16. The van der Waals surface area contributed by atoms with Gasteiger partial charge in [0, 0.05) is 6.07 Å². The van der Waals surface area contributed by atoms with Crippen LogP contribution in [-0.4, -0.2) is 12.6 Å². The largest absolute Gasteiger partial charge is 0.497 e. The van der Waals surface area contributed by atoms with Crippen LogP contribution >= 0.6 is 0 Å². The van der Waals surface area contributed by atoms with E-state index in [1.54, 1.807) is 25.3 Å². The number of benzene rings is 1. The molecular formula is C13H14N2O. The lowest BCUT2D eigenvalue weighted by Crippen LogP contribution is -2.28. The van der Waals surface area contributed by atoms with E-state index in [9.17, 15) is 0 Å². The van der Waals surface area contributed by atoms with Crippen molar-refractivity contribution in [3.8, 4) is 24.2 Å². The molecule has 1 aromatic rings. The second kappa shape index (κ2) is 4.59. The Balaban J connectivity index is 3.12. The number of nitrogens with zero attached hydrogens (tertiary/aromatic N) is 1. The first-order valence-corrected chi connectivity index (χ1v) is 4.86. The summed E-state index contributed by atoms with van der Waals surface area (Å²) in [6.07, 6.45) is 5.39. The fraction of sp³-hybridized carbons (Fsp3) is 0.308. The van der Waals surface area contributed by atoms with Gasteiger partial charge in [0.1, 0.15) is 11.8 Å². The first-order chi connectivity index (χ1) is 7.52. The lowest BCUT2D eigenvalue weighted by molar-refractivity contribution is 0.415. The minimum absolute atomic E-state index is 0.502. The zero-order chi connectivity index (χ0) is 12.2. The summed E-state index contributed by atoms with van der Waals surface area (Å²) in [5, 5.41) is 12.1. The van der Waals surface area contributed by atoms with E-state index in [0.717, 1.165) is 0 Å². The number of terminal acetylenes is 1. The van der Waals surface area contributed by atoms with Crippen LogP contribution in [0, 0.1) is 23.7 Å². The Morgan fingerprint density at radius 2 is 2.12 bits per heavy atom. The highest BCUT2D eigenvalue weighted by molar-refractivity contribution is 5.62. The molecule has 0 aliphatic heterocycles. The second-order valence-electron chi connectivity index (χ2n) is 3.92. The molecule has 16 heavy (non-hydrogen) atoms. The summed E-state index contributed by atoms with van der Waals surface area (Å²) in [5.41, 5.74) is 0.728. The molecule has 0 heterocycles. The van der Waals surface area contributed by atoms with Gasteiger partial charge in [-0.1, -0.05) is 5.92 Å². The predicted octanol–water partition coefficient (Wildman–Crippen LogP) is 2.39. The molecule has 0 aliphatic carbocycles. The molecule has 0 aliphatic rings. The Kier molecular flexibility index (Phi) is 3.43. The number of nitriles is 1. The Morgan fingerprint density at radius 1 is 1.44 bits per heavy atom. The van der Waals surface area contributed by atoms with Crippen LogP contribution in [0.25, 0.3) is 0 Å². The number of anilines is 1. The Labute approximate surface area is 96.0 Å². The summed E-state index contributed by atoms with van der Waals surface area (Å²) < 4.78 is 5.10. The van der Waals surface area contributed by atoms with Crippen molar-refractivity contribution in [1.82, 2.24) is 0 Å². The molecule has 0 unspecified atom stereocenters. The van der Waals surface area contributed by atoms with E-state index in [4.69, 9.17) is 16.4 Å². The highest BCUT2D eigenvalue weighted by atomic mass is 16.5. The van der Waals surface area contributed by atoms with Gasteiger partial charge in [0.2, 0.25) is 0 Å². The lowest BCUT2D eigenvalue weighted by Gasteiger charge is -2.22. The molecule has 1 aromatic carbocycles. The van der Waals surface area contributed by atoms with E-state index in [1.165, 1.54) is 0 Å². The molecule has 0 spiro atoms. The first kappa shape index (κ1) is 11.9. The number of ether oxygens (including phenoxy) is 1. The average molecular weight is 214 g/mol. The first-order valence-electron chi connectivity index (χ1n) is 4.86. The molecule has 0 aromatic heterocycles. The van der Waals surface area contributed by atoms with Gasteiger partial charge in [-0.2, -0.15) is 5.26 Å². The van der Waals surface area contributed by atoms with E-state index < -0.39 is 5.54 Å². The third kappa shape index (κ3) is 2.68. The maximum Gasteiger partial charge on any atom is 0.121 e. The van der Waals surface area contributed by atoms with Crippen molar-refractivity contribution in [3.63, 3.8) is 0 Å². The summed E-state index contributed by atoms with van der Waals surface area (Å²) in [4.78, 5) is 0. The van der Waals surface area contributed by atoms with Gasteiger partial charge < -0.3 is 10.1 Å². The highest BCUT2D eigenvalue weighted by Crippen LogP contribution is 2.24. The van der Waals surface area contributed by atoms with Gasteiger partial charge >= 0.3 is 0 Å². The molecule has 0 bridgehead atoms. The highest BCUT2D eigenvalue weighted by Gasteiger charge is 2.15. The number of nitrogens with one attached hydrogen (secondary N) is 1. The number of methoxy groups -OCH3 is 1. The maximum absolute atomic E-state index is 8.97. The van der Waals surface area contributed by atoms with Crippen LogP contribution < -0.4 is 10.1 Å². The molecule has 3 nitrogen and oxygen atoms in total. The van der Waals surface area contributed by atoms with Crippen molar-refractivity contribution in [3.05, 3.63) is 23.8 Å². The Hall–Kier alpha value is -2.13. The Bertz CT molecular complexity index is 464. The minimum Gasteiger partial charge on any atom is -0.497 e. The average Bonchev–Trinajstić information content (AvgIpc) is 2.28. The molecule has 3 heteroatoms. The Morgan fingerprint density at radius 3 is 2.62 bits per heavy atom. The van der Waals surface area contributed by atoms with Crippen LogP contribution in [-0.2, 0) is 0 Å². The van der Waals surface area contributed by atoms with Gasteiger partial charge in [-0.3, -0.25) is 0 Å². The molecule has 82 valence electrons. The zero-order valence-electron chi connectivity index (χ0n) is 9.66. The van der Waals surface area contributed by atoms with Crippen molar-refractivity contribution < 1.29 is 4.74 Å². The zero-order valence-corrected chi connectivity index (χ0v) is 9.66. The third-order valence-corrected chi connectivity index (χ3v) is 2.16. The normalized spacial score (nSPS) is 10.1. The standard InChI is InChI=1S/C13H14N2O/c1-5-13(2,3)15-12-8-11(16-4)7-6-10(12)9-14/h1,6-8,15H,2-4H3. The molecule has 0 saturated heterocycles. The van der Waals surface area contributed by atoms with Gasteiger partial charge in [-0.25, -0.2) is 0 Å². The molecule has 0 atom stereocenters. The second-order valence-corrected chi connectivity index (χ2v) is 3.92. The van der Waals surface area contributed by atoms with E-state index >= 15 is 0 Å². The monoisotopic (exact) mass is 214 g/mol. The van der Waals surface area contributed by atoms with Gasteiger partial charge in [0.25, 0.3) is 0 Å². The summed E-state index contributed by atoms with van der Waals surface area (Å²) in [5.74, 6) is 3.31. The number of hydrogen-bond acceptors (Lipinski definition) is 3. The maximum atomic E-state index is 8.97. The molecule has 0 radical (unpaired) electrons. The number of hydrogen-bond donors (Lipinski definition) is 1. The van der Waals surface area contributed by atoms with Gasteiger partial charge in [0.05, 0.1) is 23.9 Å². The fourth-order valence-corrected chi connectivity index (χ4v) is 1.22. The van der Waals surface area contributed by atoms with Crippen LogP contribution in [0.4, 0.5) is 5.69 Å². The van der Waals surface area contributed by atoms with E-state index in [-0.39, 0.29) is 0 Å². The number of rotatable bonds is 3. The van der Waals surface area contributed by atoms with Crippen LogP contribution in [0.1, 0.15) is 19.4 Å². The summed E-state index contributed by atoms with van der Waals surface area (Å²) in [6, 6.07) is 7.31. The van der Waals surface area contributed by atoms with Crippen molar-refractivity contribution in [2.45, 2.75) is 19.4 Å². The summed E-state index contributed by atoms with van der Waals surface area (Å²) in [6.45, 7) is 3.74. The van der Waals surface area contributed by atoms with Gasteiger partial charge in [0.15, 0.2) is 0 Å². The topological polar surface area (TPSA) is 45.0 Å². The van der Waals surface area contributed by atoms with Crippen molar-refractivity contribution in [2.24, 2.45) is 0 Å². The quantitative estimate of drug-likeness (QED) is 0.786. The van der Waals surface area contributed by atoms with E-state index in [2.05, 4.69) is 17.3 Å². The van der Waals surface area contributed by atoms with Crippen LogP contribution in [0.15, 0.2) is 18.2 Å². The fourth-order valence-electron chi connectivity index (χ4n) is 1.22. The van der Waals surface area contributed by atoms with E-state index in [0.29, 0.717) is 17.0 Å². The van der Waals surface area contributed by atoms with Crippen molar-refractivity contribution >= 4 is 5.69 Å². The van der Waals surface area contributed by atoms with Crippen LogP contribution in [0.5, 0.6) is 5.75 Å². The SMILES string of the molecule is C#CC(C)(C)Nc1cc(OC)ccc1C#N. The van der Waals surface area contributed by atoms with Gasteiger partial charge in [-0.05, 0) is 26.0 Å². The minimum atomic E-state index is -0.502.